The summed E-state index contributed by atoms with van der Waals surface area (Å²) in [6.07, 6.45) is 5.30. The van der Waals surface area contributed by atoms with Crippen molar-refractivity contribution in [2.24, 2.45) is 4.99 Å². The Morgan fingerprint density at radius 3 is 2.57 bits per heavy atom. The quantitative estimate of drug-likeness (QED) is 0.243. The summed E-state index contributed by atoms with van der Waals surface area (Å²) < 4.78 is 8.35. The lowest BCUT2D eigenvalue weighted by Crippen LogP contribution is -2.32. The summed E-state index contributed by atoms with van der Waals surface area (Å²) in [6.45, 7) is 6.05. The molecular weight excluding hydrogens is 444 g/mol. The average molecular weight is 471 g/mol. The van der Waals surface area contributed by atoms with Crippen molar-refractivity contribution in [3.05, 3.63) is 93.3 Å². The third-order valence-electron chi connectivity index (χ3n) is 5.48. The zero-order valence-electron chi connectivity index (χ0n) is 19.9. The number of hydrogen-bond donors (Lipinski definition) is 0. The van der Waals surface area contributed by atoms with Gasteiger partial charge in [-0.05, 0) is 49.6 Å². The van der Waals surface area contributed by atoms with Crippen molar-refractivity contribution in [3.63, 3.8) is 0 Å². The minimum atomic E-state index is -0.661. The van der Waals surface area contributed by atoms with Crippen LogP contribution in [0.25, 0.3) is 22.8 Å². The first-order valence-corrected chi connectivity index (χ1v) is 11.5. The number of carbonyl (C=O) groups is 2. The van der Waals surface area contributed by atoms with Crippen LogP contribution in [0, 0.1) is 6.92 Å². The van der Waals surface area contributed by atoms with Gasteiger partial charge in [0.15, 0.2) is 5.49 Å². The molecule has 0 atom stereocenters. The Morgan fingerprint density at radius 2 is 1.86 bits per heavy atom. The lowest BCUT2D eigenvalue weighted by molar-refractivity contribution is -0.113. The molecule has 0 saturated carbocycles. The van der Waals surface area contributed by atoms with Gasteiger partial charge in [-0.2, -0.15) is 4.99 Å². The van der Waals surface area contributed by atoms with Gasteiger partial charge in [0.05, 0.1) is 12.0 Å². The van der Waals surface area contributed by atoms with E-state index in [-0.39, 0.29) is 28.6 Å². The Labute approximate surface area is 201 Å². The van der Waals surface area contributed by atoms with Crippen LogP contribution in [0.5, 0.6) is 0 Å². The van der Waals surface area contributed by atoms with E-state index in [1.165, 1.54) is 16.5 Å². The van der Waals surface area contributed by atoms with Gasteiger partial charge in [0.2, 0.25) is 0 Å². The highest BCUT2D eigenvalue weighted by atomic mass is 16.5. The van der Waals surface area contributed by atoms with Crippen LogP contribution < -0.4 is 11.0 Å². The highest BCUT2D eigenvalue weighted by molar-refractivity contribution is 5.96. The van der Waals surface area contributed by atoms with Gasteiger partial charge in [-0.3, -0.25) is 14.0 Å². The largest absolute Gasteiger partial charge is 0.462 e. The number of hydrogen-bond acceptors (Lipinski definition) is 5. The van der Waals surface area contributed by atoms with Gasteiger partial charge < -0.3 is 9.30 Å². The summed E-state index contributed by atoms with van der Waals surface area (Å²) in [5.41, 5.74) is 2.37. The predicted molar refractivity (Wildman–Crippen MR) is 134 cm³/mol. The fraction of sp³-hybridized carbons (Fsp3) is 0.222. The maximum atomic E-state index is 13.4. The molecular formula is C27H26N4O4. The van der Waals surface area contributed by atoms with E-state index in [4.69, 9.17) is 9.72 Å². The van der Waals surface area contributed by atoms with Crippen molar-refractivity contribution in [1.29, 1.82) is 0 Å². The van der Waals surface area contributed by atoms with Gasteiger partial charge in [-0.25, -0.2) is 9.78 Å². The molecule has 0 radical (unpaired) electrons. The van der Waals surface area contributed by atoms with Crippen LogP contribution in [0.4, 0.5) is 0 Å². The Hall–Kier alpha value is -4.33. The van der Waals surface area contributed by atoms with Crippen molar-refractivity contribution < 1.29 is 14.3 Å². The highest BCUT2D eigenvalue weighted by Gasteiger charge is 2.19. The van der Waals surface area contributed by atoms with Crippen molar-refractivity contribution in [2.45, 2.75) is 33.7 Å². The molecule has 3 aromatic heterocycles. The number of carbonyl (C=O) groups excluding carboxylic acids is 2. The van der Waals surface area contributed by atoms with Crippen molar-refractivity contribution in [2.75, 3.05) is 6.61 Å². The fourth-order valence-corrected chi connectivity index (χ4v) is 3.88. The van der Waals surface area contributed by atoms with Gasteiger partial charge in [-0.1, -0.05) is 43.3 Å². The van der Waals surface area contributed by atoms with Crippen molar-refractivity contribution in [3.8, 4) is 0 Å². The molecule has 0 saturated heterocycles. The molecule has 0 aliphatic rings. The lowest BCUT2D eigenvalue weighted by Gasteiger charge is -2.14. The molecule has 1 amide bonds. The molecule has 178 valence electrons. The smallest absolute Gasteiger partial charge is 0.341 e. The van der Waals surface area contributed by atoms with E-state index in [9.17, 15) is 14.4 Å². The molecule has 0 aliphatic carbocycles. The van der Waals surface area contributed by atoms with E-state index in [2.05, 4.69) is 4.99 Å². The molecule has 8 nitrogen and oxygen atoms in total. The minimum absolute atomic E-state index is 0.0424. The van der Waals surface area contributed by atoms with E-state index in [1.54, 1.807) is 29.8 Å². The zero-order valence-corrected chi connectivity index (χ0v) is 19.9. The van der Waals surface area contributed by atoms with E-state index >= 15 is 0 Å². The van der Waals surface area contributed by atoms with Crippen LogP contribution in [0.2, 0.25) is 0 Å². The fourth-order valence-electron chi connectivity index (χ4n) is 3.88. The van der Waals surface area contributed by atoms with Crippen molar-refractivity contribution >= 4 is 34.6 Å². The minimum Gasteiger partial charge on any atom is -0.462 e. The third-order valence-corrected chi connectivity index (χ3v) is 5.48. The Bertz CT molecular complexity index is 1580. The number of benzene rings is 1. The van der Waals surface area contributed by atoms with Gasteiger partial charge in [0.1, 0.15) is 16.9 Å². The van der Waals surface area contributed by atoms with E-state index in [0.717, 1.165) is 11.1 Å². The number of rotatable bonds is 6. The molecule has 35 heavy (non-hydrogen) atoms. The molecule has 3 heterocycles. The van der Waals surface area contributed by atoms with Gasteiger partial charge in [0.25, 0.3) is 11.5 Å². The van der Waals surface area contributed by atoms with Crippen LogP contribution in [0.1, 0.15) is 41.8 Å². The summed E-state index contributed by atoms with van der Waals surface area (Å²) in [5, 5.41) is 0.246. The molecule has 4 aromatic rings. The van der Waals surface area contributed by atoms with Crippen LogP contribution in [0.15, 0.2) is 70.6 Å². The number of aromatic nitrogens is 3. The Balaban J connectivity index is 2.03. The molecule has 0 N–H and O–H groups in total. The molecule has 4 rings (SSSR count). The molecule has 1 aromatic carbocycles. The molecule has 0 unspecified atom stereocenters. The number of esters is 1. The second-order valence-electron chi connectivity index (χ2n) is 7.99. The Morgan fingerprint density at radius 1 is 1.09 bits per heavy atom. The topological polar surface area (TPSA) is 95.0 Å². The van der Waals surface area contributed by atoms with Crippen LogP contribution in [-0.4, -0.2) is 32.4 Å². The summed E-state index contributed by atoms with van der Waals surface area (Å²) in [7, 11) is 0. The first-order chi connectivity index (χ1) is 16.9. The summed E-state index contributed by atoms with van der Waals surface area (Å²) in [6, 6.07) is 14.4. The zero-order chi connectivity index (χ0) is 24.9. The monoisotopic (exact) mass is 470 g/mol. The summed E-state index contributed by atoms with van der Waals surface area (Å²) >= 11 is 0. The van der Waals surface area contributed by atoms with Gasteiger partial charge >= 0.3 is 5.97 Å². The standard InChI is InChI=1S/C27H26N4O4/c1-4-15-30-24-20(26(33)31-16-9-10-18(3)23(31)29-24)17-21(27(34)35-5-2)25(30)28-22(32)14-13-19-11-7-6-8-12-19/h6-14,16-17H,4-5,15H2,1-3H3/b14-13+,28-25?. The molecule has 0 aliphatic heterocycles. The van der Waals surface area contributed by atoms with Crippen molar-refractivity contribution in [1.82, 2.24) is 14.0 Å². The second-order valence-corrected chi connectivity index (χ2v) is 7.99. The maximum absolute atomic E-state index is 13.4. The SMILES string of the molecule is CCCn1c(=NC(=O)/C=C/c2ccccc2)c(C(=O)OCC)cc2c(=O)n3cccc(C)c3nc21. The summed E-state index contributed by atoms with van der Waals surface area (Å²) in [4.78, 5) is 48.1. The van der Waals surface area contributed by atoms with Crippen LogP contribution >= 0.6 is 0 Å². The average Bonchev–Trinajstić information content (AvgIpc) is 2.86. The number of ether oxygens (including phenoxy) is 1. The van der Waals surface area contributed by atoms with Gasteiger partial charge in [-0.15, -0.1) is 0 Å². The van der Waals surface area contributed by atoms with E-state index in [1.807, 2.05) is 50.2 Å². The number of fused-ring (bicyclic) bond motifs is 2. The molecule has 0 bridgehead atoms. The lowest BCUT2D eigenvalue weighted by atomic mass is 10.2. The van der Waals surface area contributed by atoms with E-state index < -0.39 is 11.9 Å². The van der Waals surface area contributed by atoms with Crippen LogP contribution in [-0.2, 0) is 16.1 Å². The Kier molecular flexibility index (Phi) is 7.01. The predicted octanol–water partition coefficient (Wildman–Crippen LogP) is 3.69. The summed E-state index contributed by atoms with van der Waals surface area (Å²) in [5.74, 6) is -1.20. The van der Waals surface area contributed by atoms with Crippen LogP contribution in [0.3, 0.4) is 0 Å². The number of nitrogens with zero attached hydrogens (tertiary/aromatic N) is 4. The molecule has 0 spiro atoms. The van der Waals surface area contributed by atoms with Gasteiger partial charge in [0, 0.05) is 18.8 Å². The normalized spacial score (nSPS) is 12.0. The highest BCUT2D eigenvalue weighted by Crippen LogP contribution is 2.14. The first-order valence-electron chi connectivity index (χ1n) is 11.5. The molecule has 8 heteroatoms. The number of aryl methyl sites for hydroxylation is 2. The maximum Gasteiger partial charge on any atom is 0.341 e. The number of pyridine rings is 2. The van der Waals surface area contributed by atoms with E-state index in [0.29, 0.717) is 24.3 Å². The second kappa shape index (κ2) is 10.3. The number of amides is 1. The first kappa shape index (κ1) is 23.8. The molecule has 0 fully saturated rings. The third kappa shape index (κ3) is 4.82.